The Morgan fingerprint density at radius 3 is 2.84 bits per heavy atom. The van der Waals surface area contributed by atoms with E-state index >= 15 is 0 Å². The minimum absolute atomic E-state index is 0.0221. The molecule has 4 heteroatoms. The minimum atomic E-state index is -0.0221. The molecule has 0 aliphatic heterocycles. The van der Waals surface area contributed by atoms with Gasteiger partial charge in [-0.25, -0.2) is 4.98 Å². The van der Waals surface area contributed by atoms with Crippen LogP contribution in [0.5, 0.6) is 0 Å². The highest BCUT2D eigenvalue weighted by molar-refractivity contribution is 5.94. The van der Waals surface area contributed by atoms with E-state index in [-0.39, 0.29) is 5.91 Å². The first-order valence-corrected chi connectivity index (χ1v) is 7.11. The van der Waals surface area contributed by atoms with Crippen molar-refractivity contribution in [2.75, 3.05) is 18.4 Å². The smallest absolute Gasteiger partial charge is 0.251 e. The van der Waals surface area contributed by atoms with E-state index in [0.717, 1.165) is 38.2 Å². The number of amides is 1. The number of carbonyl (C=O) groups is 1. The van der Waals surface area contributed by atoms with Gasteiger partial charge in [-0.05, 0) is 24.5 Å². The Kier molecular flexibility index (Phi) is 6.93. The molecule has 0 radical (unpaired) electrons. The fraction of sp³-hybridized carbons (Fsp3) is 0.600. The molecule has 0 unspecified atom stereocenters. The fourth-order valence-electron chi connectivity index (χ4n) is 1.66. The van der Waals surface area contributed by atoms with Crippen LogP contribution >= 0.6 is 0 Å². The maximum absolute atomic E-state index is 11.9. The zero-order chi connectivity index (χ0) is 14.1. The van der Waals surface area contributed by atoms with Gasteiger partial charge < -0.3 is 10.6 Å². The topological polar surface area (TPSA) is 54.0 Å². The Balaban J connectivity index is 2.48. The molecule has 0 aliphatic carbocycles. The number of aromatic nitrogens is 1. The minimum Gasteiger partial charge on any atom is -0.370 e. The van der Waals surface area contributed by atoms with Crippen molar-refractivity contribution in [3.63, 3.8) is 0 Å². The lowest BCUT2D eigenvalue weighted by Gasteiger charge is -2.09. The average molecular weight is 263 g/mol. The molecule has 1 aromatic heterocycles. The lowest BCUT2D eigenvalue weighted by Crippen LogP contribution is -2.24. The number of carbonyl (C=O) groups excluding carboxylic acids is 1. The third-order valence-electron chi connectivity index (χ3n) is 2.78. The molecule has 4 nitrogen and oxygen atoms in total. The van der Waals surface area contributed by atoms with Crippen LogP contribution in [0.1, 0.15) is 50.4 Å². The molecule has 1 aromatic rings. The van der Waals surface area contributed by atoms with Crippen molar-refractivity contribution in [2.45, 2.75) is 40.0 Å². The molecule has 1 amide bonds. The Morgan fingerprint density at radius 2 is 2.16 bits per heavy atom. The first-order valence-electron chi connectivity index (χ1n) is 7.11. The highest BCUT2D eigenvalue weighted by atomic mass is 16.1. The molecule has 0 aliphatic rings. The van der Waals surface area contributed by atoms with E-state index in [0.29, 0.717) is 11.5 Å². The lowest BCUT2D eigenvalue weighted by molar-refractivity contribution is 0.0953. The molecule has 0 atom stereocenters. The maximum atomic E-state index is 11.9. The standard InChI is InChI=1S/C15H25N3O/c1-4-5-6-8-17-15(19)13-7-9-16-14(10-13)18-11-12(2)3/h7,9-10,12H,4-6,8,11H2,1-3H3,(H,16,18)(H,17,19). The fourth-order valence-corrected chi connectivity index (χ4v) is 1.66. The summed E-state index contributed by atoms with van der Waals surface area (Å²) >= 11 is 0. The van der Waals surface area contributed by atoms with Gasteiger partial charge in [-0.3, -0.25) is 4.79 Å². The molecule has 0 saturated carbocycles. The van der Waals surface area contributed by atoms with Crippen LogP contribution in [0.15, 0.2) is 18.3 Å². The average Bonchev–Trinajstić information content (AvgIpc) is 2.41. The number of unbranched alkanes of at least 4 members (excludes halogenated alkanes) is 2. The van der Waals surface area contributed by atoms with Crippen LogP contribution in [0.4, 0.5) is 5.82 Å². The monoisotopic (exact) mass is 263 g/mol. The summed E-state index contributed by atoms with van der Waals surface area (Å²) in [6.45, 7) is 8.02. The van der Waals surface area contributed by atoms with E-state index in [1.54, 1.807) is 18.3 Å². The summed E-state index contributed by atoms with van der Waals surface area (Å²) in [4.78, 5) is 16.1. The second-order valence-electron chi connectivity index (χ2n) is 5.17. The van der Waals surface area contributed by atoms with Crippen molar-refractivity contribution in [1.82, 2.24) is 10.3 Å². The Bertz CT molecular complexity index is 391. The second-order valence-corrected chi connectivity index (χ2v) is 5.17. The molecule has 0 fully saturated rings. The molecule has 2 N–H and O–H groups in total. The molecule has 0 bridgehead atoms. The van der Waals surface area contributed by atoms with Crippen molar-refractivity contribution in [3.05, 3.63) is 23.9 Å². The summed E-state index contributed by atoms with van der Waals surface area (Å²) in [5, 5.41) is 6.16. The van der Waals surface area contributed by atoms with Crippen LogP contribution in [0.25, 0.3) is 0 Å². The number of pyridine rings is 1. The molecule has 1 rings (SSSR count). The van der Waals surface area contributed by atoms with Crippen LogP contribution < -0.4 is 10.6 Å². The van der Waals surface area contributed by atoms with E-state index < -0.39 is 0 Å². The van der Waals surface area contributed by atoms with Crippen molar-refractivity contribution < 1.29 is 4.79 Å². The summed E-state index contributed by atoms with van der Waals surface area (Å²) in [5.41, 5.74) is 0.665. The van der Waals surface area contributed by atoms with Crippen LogP contribution in [-0.2, 0) is 0 Å². The molecule has 1 heterocycles. The molecule has 0 aromatic carbocycles. The van der Waals surface area contributed by atoms with Crippen LogP contribution in [0, 0.1) is 5.92 Å². The highest BCUT2D eigenvalue weighted by Gasteiger charge is 2.06. The molecule has 19 heavy (non-hydrogen) atoms. The Hall–Kier alpha value is -1.58. The summed E-state index contributed by atoms with van der Waals surface area (Å²) < 4.78 is 0. The summed E-state index contributed by atoms with van der Waals surface area (Å²) in [6.07, 6.45) is 5.02. The van der Waals surface area contributed by atoms with E-state index in [2.05, 4.69) is 36.4 Å². The number of nitrogens with one attached hydrogen (secondary N) is 2. The zero-order valence-electron chi connectivity index (χ0n) is 12.2. The SMILES string of the molecule is CCCCCNC(=O)c1ccnc(NCC(C)C)c1. The van der Waals surface area contributed by atoms with Gasteiger partial charge in [-0.2, -0.15) is 0 Å². The third-order valence-corrected chi connectivity index (χ3v) is 2.78. The van der Waals surface area contributed by atoms with Crippen molar-refractivity contribution >= 4 is 11.7 Å². The van der Waals surface area contributed by atoms with Crippen LogP contribution in [-0.4, -0.2) is 24.0 Å². The predicted octanol–water partition coefficient (Wildman–Crippen LogP) is 3.07. The van der Waals surface area contributed by atoms with Gasteiger partial charge in [-0.1, -0.05) is 33.6 Å². The number of nitrogens with zero attached hydrogens (tertiary/aromatic N) is 1. The van der Waals surface area contributed by atoms with Gasteiger partial charge >= 0.3 is 0 Å². The molecule has 0 saturated heterocycles. The molecular formula is C15H25N3O. The normalized spacial score (nSPS) is 10.5. The third kappa shape index (κ3) is 6.22. The predicted molar refractivity (Wildman–Crippen MR) is 79.4 cm³/mol. The molecule has 106 valence electrons. The largest absolute Gasteiger partial charge is 0.370 e. The number of anilines is 1. The summed E-state index contributed by atoms with van der Waals surface area (Å²) in [7, 11) is 0. The lowest BCUT2D eigenvalue weighted by atomic mass is 10.2. The zero-order valence-corrected chi connectivity index (χ0v) is 12.2. The second kappa shape index (κ2) is 8.51. The van der Waals surface area contributed by atoms with E-state index in [9.17, 15) is 4.79 Å². The van der Waals surface area contributed by atoms with Crippen LogP contribution in [0.2, 0.25) is 0 Å². The van der Waals surface area contributed by atoms with Crippen LogP contribution in [0.3, 0.4) is 0 Å². The summed E-state index contributed by atoms with van der Waals surface area (Å²) in [5.74, 6) is 1.29. The molecule has 0 spiro atoms. The Morgan fingerprint density at radius 1 is 1.37 bits per heavy atom. The van der Waals surface area contributed by atoms with Gasteiger partial charge in [0.05, 0.1) is 0 Å². The van der Waals surface area contributed by atoms with Gasteiger partial charge in [-0.15, -0.1) is 0 Å². The first-order chi connectivity index (χ1) is 9.13. The van der Waals surface area contributed by atoms with E-state index in [4.69, 9.17) is 0 Å². The van der Waals surface area contributed by atoms with Gasteiger partial charge in [0.15, 0.2) is 0 Å². The highest BCUT2D eigenvalue weighted by Crippen LogP contribution is 2.07. The van der Waals surface area contributed by atoms with Gasteiger partial charge in [0.25, 0.3) is 5.91 Å². The van der Waals surface area contributed by atoms with E-state index in [1.165, 1.54) is 0 Å². The molecular weight excluding hydrogens is 238 g/mol. The number of hydrogen-bond acceptors (Lipinski definition) is 3. The number of hydrogen-bond donors (Lipinski definition) is 2. The quantitative estimate of drug-likeness (QED) is 0.709. The van der Waals surface area contributed by atoms with Gasteiger partial charge in [0.2, 0.25) is 0 Å². The van der Waals surface area contributed by atoms with Gasteiger partial charge in [0, 0.05) is 24.8 Å². The maximum Gasteiger partial charge on any atom is 0.251 e. The first kappa shape index (κ1) is 15.5. The van der Waals surface area contributed by atoms with Gasteiger partial charge in [0.1, 0.15) is 5.82 Å². The van der Waals surface area contributed by atoms with E-state index in [1.807, 2.05) is 0 Å². The summed E-state index contributed by atoms with van der Waals surface area (Å²) in [6, 6.07) is 3.55. The Labute approximate surface area is 116 Å². The van der Waals surface area contributed by atoms with Crippen molar-refractivity contribution in [2.24, 2.45) is 5.92 Å². The van der Waals surface area contributed by atoms with Crippen molar-refractivity contribution in [3.8, 4) is 0 Å². The number of rotatable bonds is 8. The van der Waals surface area contributed by atoms with Crippen molar-refractivity contribution in [1.29, 1.82) is 0 Å².